The molecule has 0 heterocycles. The summed E-state index contributed by atoms with van der Waals surface area (Å²) in [5.41, 5.74) is 8.98. The molecule has 0 bridgehead atoms. The highest BCUT2D eigenvalue weighted by molar-refractivity contribution is 6.04. The number of ketones is 1. The van der Waals surface area contributed by atoms with Crippen LogP contribution in [-0.2, 0) is 4.79 Å². The molecule has 0 saturated heterocycles. The lowest BCUT2D eigenvalue weighted by Crippen LogP contribution is -2.05. The van der Waals surface area contributed by atoms with Gasteiger partial charge in [-0.1, -0.05) is 30.4 Å². The molecule has 0 fully saturated rings. The molecule has 1 aliphatic rings. The number of benzene rings is 1. The Hall–Kier alpha value is -2.29. The van der Waals surface area contributed by atoms with Crippen LogP contribution in [0.1, 0.15) is 19.8 Å². The molecule has 3 nitrogen and oxygen atoms in total. The van der Waals surface area contributed by atoms with Gasteiger partial charge in [-0.15, -0.1) is 0 Å². The Morgan fingerprint density at radius 2 is 2.16 bits per heavy atom. The van der Waals surface area contributed by atoms with Gasteiger partial charge in [0, 0.05) is 11.8 Å². The van der Waals surface area contributed by atoms with E-state index in [1.165, 1.54) is 0 Å². The van der Waals surface area contributed by atoms with Crippen LogP contribution in [0.4, 0.5) is 11.4 Å². The summed E-state index contributed by atoms with van der Waals surface area (Å²) in [6.07, 6.45) is 9.25. The van der Waals surface area contributed by atoms with Crippen molar-refractivity contribution in [1.29, 1.82) is 0 Å². The van der Waals surface area contributed by atoms with E-state index in [1.54, 1.807) is 6.08 Å². The van der Waals surface area contributed by atoms with Crippen molar-refractivity contribution < 1.29 is 4.79 Å². The highest BCUT2D eigenvalue weighted by atomic mass is 16.1. The van der Waals surface area contributed by atoms with Crippen molar-refractivity contribution in [2.24, 2.45) is 0 Å². The number of allylic oxidation sites excluding steroid dienone is 6. The van der Waals surface area contributed by atoms with Gasteiger partial charge in [-0.2, -0.15) is 0 Å². The normalized spacial score (nSPS) is 15.0. The maximum absolute atomic E-state index is 12.0. The van der Waals surface area contributed by atoms with Crippen molar-refractivity contribution in [3.63, 3.8) is 0 Å². The summed E-state index contributed by atoms with van der Waals surface area (Å²) >= 11 is 0. The number of nitrogen functional groups attached to an aromatic ring is 1. The fraction of sp³-hybridized carbons (Fsp3) is 0.188. The van der Waals surface area contributed by atoms with Crippen LogP contribution in [0.25, 0.3) is 0 Å². The molecule has 0 radical (unpaired) electrons. The second-order valence-electron chi connectivity index (χ2n) is 4.56. The zero-order chi connectivity index (χ0) is 13.7. The lowest BCUT2D eigenvalue weighted by Gasteiger charge is -2.10. The van der Waals surface area contributed by atoms with Crippen molar-refractivity contribution in [2.45, 2.75) is 19.8 Å². The second-order valence-corrected chi connectivity index (χ2v) is 4.56. The Morgan fingerprint density at radius 1 is 1.37 bits per heavy atom. The summed E-state index contributed by atoms with van der Waals surface area (Å²) in [5, 5.41) is 3.15. The third-order valence-electron chi connectivity index (χ3n) is 2.97. The number of anilines is 2. The fourth-order valence-electron chi connectivity index (χ4n) is 1.96. The first-order chi connectivity index (χ1) is 9.16. The highest BCUT2D eigenvalue weighted by Gasteiger charge is 2.08. The quantitative estimate of drug-likeness (QED) is 0.639. The molecule has 0 atom stereocenters. The standard InChI is InChI=1S/C16H18N2O/c1-12(18-15-10-6-5-9-14(15)17)11-16(19)13-7-3-2-4-8-13/h2-3,5-7,9-11,18H,4,8,17H2,1H3/b12-11+. The lowest BCUT2D eigenvalue weighted by atomic mass is 10.0. The molecule has 0 spiro atoms. The molecule has 0 amide bonds. The maximum Gasteiger partial charge on any atom is 0.183 e. The summed E-state index contributed by atoms with van der Waals surface area (Å²) < 4.78 is 0. The minimum Gasteiger partial charge on any atom is -0.397 e. The number of hydrogen-bond acceptors (Lipinski definition) is 3. The largest absolute Gasteiger partial charge is 0.397 e. The van der Waals surface area contributed by atoms with E-state index in [-0.39, 0.29) is 5.78 Å². The van der Waals surface area contributed by atoms with Crippen LogP contribution in [0.2, 0.25) is 0 Å². The Kier molecular flexibility index (Phi) is 4.18. The van der Waals surface area contributed by atoms with Gasteiger partial charge >= 0.3 is 0 Å². The fourth-order valence-corrected chi connectivity index (χ4v) is 1.96. The van der Waals surface area contributed by atoms with Crippen LogP contribution >= 0.6 is 0 Å². The van der Waals surface area contributed by atoms with Crippen LogP contribution in [0.5, 0.6) is 0 Å². The minimum absolute atomic E-state index is 0.0591. The van der Waals surface area contributed by atoms with E-state index in [1.807, 2.05) is 43.3 Å². The number of nitrogens with two attached hydrogens (primary N) is 1. The van der Waals surface area contributed by atoms with E-state index in [9.17, 15) is 4.79 Å². The molecule has 2 rings (SSSR count). The Bertz CT molecular complexity index is 568. The third-order valence-corrected chi connectivity index (χ3v) is 2.97. The van der Waals surface area contributed by atoms with Gasteiger partial charge < -0.3 is 11.1 Å². The van der Waals surface area contributed by atoms with Crippen LogP contribution in [0.15, 0.2) is 59.8 Å². The number of carbonyl (C=O) groups is 1. The van der Waals surface area contributed by atoms with Gasteiger partial charge in [-0.25, -0.2) is 0 Å². The monoisotopic (exact) mass is 254 g/mol. The Morgan fingerprint density at radius 3 is 2.84 bits per heavy atom. The molecule has 19 heavy (non-hydrogen) atoms. The van der Waals surface area contributed by atoms with Gasteiger partial charge in [0.15, 0.2) is 5.78 Å². The van der Waals surface area contributed by atoms with Gasteiger partial charge in [0.2, 0.25) is 0 Å². The number of hydrogen-bond donors (Lipinski definition) is 2. The van der Waals surface area contributed by atoms with Crippen molar-refractivity contribution in [2.75, 3.05) is 11.1 Å². The lowest BCUT2D eigenvalue weighted by molar-refractivity contribution is -0.111. The van der Waals surface area contributed by atoms with Crippen LogP contribution < -0.4 is 11.1 Å². The predicted octanol–water partition coefficient (Wildman–Crippen LogP) is 3.43. The summed E-state index contributed by atoms with van der Waals surface area (Å²) in [7, 11) is 0. The molecule has 0 saturated carbocycles. The smallest absolute Gasteiger partial charge is 0.183 e. The first kappa shape index (κ1) is 13.1. The van der Waals surface area contributed by atoms with E-state index >= 15 is 0 Å². The molecule has 0 aromatic heterocycles. The van der Waals surface area contributed by atoms with E-state index in [4.69, 9.17) is 5.73 Å². The van der Waals surface area contributed by atoms with Gasteiger partial charge in [-0.3, -0.25) is 4.79 Å². The van der Waals surface area contributed by atoms with E-state index in [0.29, 0.717) is 5.69 Å². The van der Waals surface area contributed by atoms with E-state index in [0.717, 1.165) is 29.8 Å². The predicted molar refractivity (Wildman–Crippen MR) is 79.7 cm³/mol. The number of para-hydroxylation sites is 2. The van der Waals surface area contributed by atoms with Crippen LogP contribution in [-0.4, -0.2) is 5.78 Å². The average Bonchev–Trinajstić information content (AvgIpc) is 2.42. The molecule has 98 valence electrons. The SMILES string of the molecule is C/C(=C\C(=O)C1=CC=CCC1)Nc1ccccc1N. The number of rotatable bonds is 4. The molecular weight excluding hydrogens is 236 g/mol. The molecule has 1 aromatic rings. The van der Waals surface area contributed by atoms with Gasteiger partial charge in [0.1, 0.15) is 0 Å². The summed E-state index contributed by atoms with van der Waals surface area (Å²) in [4.78, 5) is 12.0. The van der Waals surface area contributed by atoms with E-state index < -0.39 is 0 Å². The highest BCUT2D eigenvalue weighted by Crippen LogP contribution is 2.19. The zero-order valence-electron chi connectivity index (χ0n) is 11.0. The second kappa shape index (κ2) is 6.05. The summed E-state index contributed by atoms with van der Waals surface area (Å²) in [6.45, 7) is 1.86. The maximum atomic E-state index is 12.0. The Balaban J connectivity index is 2.07. The molecule has 0 unspecified atom stereocenters. The average molecular weight is 254 g/mol. The van der Waals surface area contributed by atoms with Gasteiger partial charge in [-0.05, 0) is 37.5 Å². The number of nitrogens with one attached hydrogen (secondary N) is 1. The summed E-state index contributed by atoms with van der Waals surface area (Å²) in [6, 6.07) is 7.50. The van der Waals surface area contributed by atoms with E-state index in [2.05, 4.69) is 11.4 Å². The molecule has 3 N–H and O–H groups in total. The molecule has 3 heteroatoms. The van der Waals surface area contributed by atoms with Crippen molar-refractivity contribution in [3.05, 3.63) is 59.8 Å². The first-order valence-electron chi connectivity index (χ1n) is 6.36. The van der Waals surface area contributed by atoms with Crippen LogP contribution in [0, 0.1) is 0 Å². The van der Waals surface area contributed by atoms with Crippen molar-refractivity contribution in [1.82, 2.24) is 0 Å². The van der Waals surface area contributed by atoms with Crippen molar-refractivity contribution in [3.8, 4) is 0 Å². The van der Waals surface area contributed by atoms with Crippen molar-refractivity contribution >= 4 is 17.2 Å². The molecular formula is C16H18N2O. The van der Waals surface area contributed by atoms with Gasteiger partial charge in [0.05, 0.1) is 11.4 Å². The first-order valence-corrected chi connectivity index (χ1v) is 6.36. The minimum atomic E-state index is 0.0591. The van der Waals surface area contributed by atoms with Crippen LogP contribution in [0.3, 0.4) is 0 Å². The summed E-state index contributed by atoms with van der Waals surface area (Å²) in [5.74, 6) is 0.0591. The Labute approximate surface area is 113 Å². The zero-order valence-corrected chi connectivity index (χ0v) is 11.0. The topological polar surface area (TPSA) is 55.1 Å². The third kappa shape index (κ3) is 3.58. The molecule has 0 aliphatic heterocycles. The van der Waals surface area contributed by atoms with Gasteiger partial charge in [0.25, 0.3) is 0 Å². The number of carbonyl (C=O) groups excluding carboxylic acids is 1. The molecule has 1 aliphatic carbocycles. The molecule has 1 aromatic carbocycles.